The number of rotatable bonds is 5. The van der Waals surface area contributed by atoms with E-state index in [0.29, 0.717) is 0 Å². The molecule has 106 valence electrons. The van der Waals surface area contributed by atoms with Crippen molar-refractivity contribution in [1.82, 2.24) is 5.32 Å². The third kappa shape index (κ3) is 4.45. The standard InChI is InChI=1S/C17H26IN/c1-3-13-7-10-17(19-4-2)15(11-13)12-14-5-8-16(18)9-6-14/h5-6,8-9,13,15,17,19H,3-4,7,10-12H2,1-2H3. The zero-order valence-electron chi connectivity index (χ0n) is 12.2. The fourth-order valence-corrected chi connectivity index (χ4v) is 3.77. The van der Waals surface area contributed by atoms with Crippen LogP contribution in [0.2, 0.25) is 0 Å². The summed E-state index contributed by atoms with van der Waals surface area (Å²) in [4.78, 5) is 0. The fourth-order valence-electron chi connectivity index (χ4n) is 3.41. The van der Waals surface area contributed by atoms with E-state index in [4.69, 9.17) is 0 Å². The first-order chi connectivity index (χ1) is 9.22. The Labute approximate surface area is 131 Å². The van der Waals surface area contributed by atoms with E-state index >= 15 is 0 Å². The molecule has 2 heteroatoms. The van der Waals surface area contributed by atoms with Gasteiger partial charge in [-0.25, -0.2) is 0 Å². The molecule has 1 N–H and O–H groups in total. The first kappa shape index (κ1) is 15.3. The van der Waals surface area contributed by atoms with E-state index in [9.17, 15) is 0 Å². The summed E-state index contributed by atoms with van der Waals surface area (Å²) < 4.78 is 1.33. The van der Waals surface area contributed by atoms with Crippen LogP contribution in [0.25, 0.3) is 0 Å². The molecule has 1 fully saturated rings. The first-order valence-electron chi connectivity index (χ1n) is 7.70. The van der Waals surface area contributed by atoms with Gasteiger partial charge in [0, 0.05) is 9.61 Å². The number of benzene rings is 1. The molecule has 1 aliphatic rings. The topological polar surface area (TPSA) is 12.0 Å². The largest absolute Gasteiger partial charge is 0.314 e. The van der Waals surface area contributed by atoms with Crippen molar-refractivity contribution in [3.05, 3.63) is 33.4 Å². The van der Waals surface area contributed by atoms with Gasteiger partial charge < -0.3 is 5.32 Å². The van der Waals surface area contributed by atoms with Crippen molar-refractivity contribution >= 4 is 22.6 Å². The quantitative estimate of drug-likeness (QED) is 0.744. The zero-order chi connectivity index (χ0) is 13.7. The minimum atomic E-state index is 0.729. The molecule has 1 aromatic rings. The Hall–Kier alpha value is -0.0900. The van der Waals surface area contributed by atoms with Gasteiger partial charge >= 0.3 is 0 Å². The van der Waals surface area contributed by atoms with E-state index < -0.39 is 0 Å². The van der Waals surface area contributed by atoms with Gasteiger partial charge in [-0.05, 0) is 84.4 Å². The molecule has 0 amide bonds. The predicted octanol–water partition coefficient (Wildman–Crippen LogP) is 4.64. The second kappa shape index (κ2) is 7.63. The summed E-state index contributed by atoms with van der Waals surface area (Å²) in [7, 11) is 0. The van der Waals surface area contributed by atoms with Gasteiger partial charge in [0.1, 0.15) is 0 Å². The van der Waals surface area contributed by atoms with Crippen molar-refractivity contribution in [2.24, 2.45) is 11.8 Å². The average Bonchev–Trinajstić information content (AvgIpc) is 2.43. The maximum atomic E-state index is 3.71. The number of hydrogen-bond donors (Lipinski definition) is 1. The highest BCUT2D eigenvalue weighted by Crippen LogP contribution is 2.33. The molecule has 1 saturated carbocycles. The van der Waals surface area contributed by atoms with Crippen LogP contribution in [0.4, 0.5) is 0 Å². The molecule has 0 radical (unpaired) electrons. The second-order valence-corrected chi connectivity index (χ2v) is 7.09. The molecule has 0 aliphatic heterocycles. The van der Waals surface area contributed by atoms with Crippen LogP contribution in [-0.2, 0) is 6.42 Å². The lowest BCUT2D eigenvalue weighted by Gasteiger charge is -2.36. The zero-order valence-corrected chi connectivity index (χ0v) is 14.3. The second-order valence-electron chi connectivity index (χ2n) is 5.84. The number of halogens is 1. The van der Waals surface area contributed by atoms with Crippen molar-refractivity contribution in [2.45, 2.75) is 52.0 Å². The van der Waals surface area contributed by atoms with Crippen molar-refractivity contribution in [3.8, 4) is 0 Å². The molecule has 0 aromatic heterocycles. The Morgan fingerprint density at radius 3 is 2.53 bits per heavy atom. The van der Waals surface area contributed by atoms with Crippen LogP contribution in [0, 0.1) is 15.4 Å². The molecule has 0 saturated heterocycles. The van der Waals surface area contributed by atoms with Gasteiger partial charge in [-0.2, -0.15) is 0 Å². The van der Waals surface area contributed by atoms with E-state index in [2.05, 4.69) is 66.0 Å². The molecule has 3 unspecified atom stereocenters. The monoisotopic (exact) mass is 371 g/mol. The van der Waals surface area contributed by atoms with Crippen molar-refractivity contribution < 1.29 is 0 Å². The SMILES string of the molecule is CCNC1CCC(CC)CC1Cc1ccc(I)cc1. The van der Waals surface area contributed by atoms with Gasteiger partial charge in [0.15, 0.2) is 0 Å². The molecule has 0 bridgehead atoms. The summed E-state index contributed by atoms with van der Waals surface area (Å²) in [5, 5.41) is 3.71. The molecule has 1 nitrogen and oxygen atoms in total. The van der Waals surface area contributed by atoms with Crippen molar-refractivity contribution in [2.75, 3.05) is 6.54 Å². The molecule has 3 atom stereocenters. The van der Waals surface area contributed by atoms with Crippen molar-refractivity contribution in [1.29, 1.82) is 0 Å². The Balaban J connectivity index is 2.02. The highest BCUT2D eigenvalue weighted by atomic mass is 127. The van der Waals surface area contributed by atoms with Gasteiger partial charge in [-0.1, -0.05) is 32.4 Å². The molecule has 1 aromatic carbocycles. The Morgan fingerprint density at radius 2 is 1.89 bits per heavy atom. The highest BCUT2D eigenvalue weighted by Gasteiger charge is 2.29. The van der Waals surface area contributed by atoms with Crippen LogP contribution in [0.5, 0.6) is 0 Å². The van der Waals surface area contributed by atoms with E-state index in [1.807, 2.05) is 0 Å². The highest BCUT2D eigenvalue weighted by molar-refractivity contribution is 14.1. The molecular weight excluding hydrogens is 345 g/mol. The minimum absolute atomic E-state index is 0.729. The van der Waals surface area contributed by atoms with E-state index in [1.165, 1.54) is 41.2 Å². The molecule has 0 heterocycles. The van der Waals surface area contributed by atoms with Crippen LogP contribution in [-0.4, -0.2) is 12.6 Å². The Bertz CT molecular complexity index is 373. The van der Waals surface area contributed by atoms with E-state index in [0.717, 1.165) is 24.4 Å². The molecule has 2 rings (SSSR count). The maximum absolute atomic E-state index is 3.71. The summed E-state index contributed by atoms with van der Waals surface area (Å²) in [6.45, 7) is 5.68. The van der Waals surface area contributed by atoms with Gasteiger partial charge in [-0.3, -0.25) is 0 Å². The van der Waals surface area contributed by atoms with Crippen molar-refractivity contribution in [3.63, 3.8) is 0 Å². The summed E-state index contributed by atoms with van der Waals surface area (Å²) in [6, 6.07) is 9.81. The van der Waals surface area contributed by atoms with Gasteiger partial charge in [0.25, 0.3) is 0 Å². The fraction of sp³-hybridized carbons (Fsp3) is 0.647. The molecule has 1 aliphatic carbocycles. The van der Waals surface area contributed by atoms with E-state index in [1.54, 1.807) is 0 Å². The van der Waals surface area contributed by atoms with Crippen LogP contribution < -0.4 is 5.32 Å². The van der Waals surface area contributed by atoms with Gasteiger partial charge in [-0.15, -0.1) is 0 Å². The minimum Gasteiger partial charge on any atom is -0.314 e. The summed E-state index contributed by atoms with van der Waals surface area (Å²) in [6.07, 6.45) is 6.77. The predicted molar refractivity (Wildman–Crippen MR) is 91.4 cm³/mol. The summed E-state index contributed by atoms with van der Waals surface area (Å²) >= 11 is 2.38. The van der Waals surface area contributed by atoms with Crippen LogP contribution in [0.1, 0.15) is 45.1 Å². The average molecular weight is 371 g/mol. The first-order valence-corrected chi connectivity index (χ1v) is 8.78. The maximum Gasteiger partial charge on any atom is 0.0130 e. The smallest absolute Gasteiger partial charge is 0.0130 e. The third-order valence-corrected chi connectivity index (χ3v) is 5.27. The van der Waals surface area contributed by atoms with Crippen LogP contribution >= 0.6 is 22.6 Å². The lowest BCUT2D eigenvalue weighted by atomic mass is 9.74. The Kier molecular flexibility index (Phi) is 6.14. The molecule has 0 spiro atoms. The lowest BCUT2D eigenvalue weighted by Crippen LogP contribution is -2.41. The third-order valence-electron chi connectivity index (χ3n) is 4.55. The van der Waals surface area contributed by atoms with Gasteiger partial charge in [0.05, 0.1) is 0 Å². The van der Waals surface area contributed by atoms with Gasteiger partial charge in [0.2, 0.25) is 0 Å². The number of nitrogens with one attached hydrogen (secondary N) is 1. The van der Waals surface area contributed by atoms with Crippen LogP contribution in [0.15, 0.2) is 24.3 Å². The number of hydrogen-bond acceptors (Lipinski definition) is 1. The van der Waals surface area contributed by atoms with E-state index in [-0.39, 0.29) is 0 Å². The summed E-state index contributed by atoms with van der Waals surface area (Å²) in [5.74, 6) is 1.77. The lowest BCUT2D eigenvalue weighted by molar-refractivity contribution is 0.200. The molecular formula is C17H26IN. The Morgan fingerprint density at radius 1 is 1.16 bits per heavy atom. The molecule has 19 heavy (non-hydrogen) atoms. The summed E-state index contributed by atoms with van der Waals surface area (Å²) in [5.41, 5.74) is 1.50. The normalized spacial score (nSPS) is 27.4. The van der Waals surface area contributed by atoms with Crippen LogP contribution in [0.3, 0.4) is 0 Å².